The lowest BCUT2D eigenvalue weighted by Crippen LogP contribution is -2.32. The van der Waals surface area contributed by atoms with E-state index in [1.165, 1.54) is 0 Å². The standard InChI is InChI=1S/C16H19N3O3/c1-16(2,3)22-15(20)19-11-12-5-7-13(8-6-12)21-14-17-9-4-10-18-14/h4-10H,11H2,1-3H3,(H,19,20). The van der Waals surface area contributed by atoms with E-state index < -0.39 is 11.7 Å². The summed E-state index contributed by atoms with van der Waals surface area (Å²) in [4.78, 5) is 19.5. The molecule has 0 saturated carbocycles. The summed E-state index contributed by atoms with van der Waals surface area (Å²) in [6.45, 7) is 5.86. The summed E-state index contributed by atoms with van der Waals surface area (Å²) in [6.07, 6.45) is 2.79. The average Bonchev–Trinajstić information content (AvgIpc) is 2.46. The van der Waals surface area contributed by atoms with Crippen molar-refractivity contribution in [1.82, 2.24) is 15.3 Å². The van der Waals surface area contributed by atoms with E-state index in [0.717, 1.165) is 5.56 Å². The lowest BCUT2D eigenvalue weighted by Gasteiger charge is -2.19. The van der Waals surface area contributed by atoms with Crippen molar-refractivity contribution >= 4 is 6.09 Å². The molecule has 0 aliphatic heterocycles. The van der Waals surface area contributed by atoms with Gasteiger partial charge < -0.3 is 14.8 Å². The monoisotopic (exact) mass is 301 g/mol. The van der Waals surface area contributed by atoms with E-state index in [-0.39, 0.29) is 0 Å². The number of hydrogen-bond donors (Lipinski definition) is 1. The lowest BCUT2D eigenvalue weighted by atomic mass is 10.2. The number of aromatic nitrogens is 2. The van der Waals surface area contributed by atoms with Crippen molar-refractivity contribution in [2.75, 3.05) is 0 Å². The number of nitrogens with one attached hydrogen (secondary N) is 1. The second-order valence-electron chi connectivity index (χ2n) is 5.63. The van der Waals surface area contributed by atoms with Crippen LogP contribution in [0.15, 0.2) is 42.7 Å². The number of benzene rings is 1. The third-order valence-corrected chi connectivity index (χ3v) is 2.51. The molecule has 0 aliphatic rings. The van der Waals surface area contributed by atoms with Gasteiger partial charge in [0.25, 0.3) is 0 Å². The van der Waals surface area contributed by atoms with E-state index in [9.17, 15) is 4.79 Å². The van der Waals surface area contributed by atoms with E-state index >= 15 is 0 Å². The summed E-state index contributed by atoms with van der Waals surface area (Å²) >= 11 is 0. The van der Waals surface area contributed by atoms with Gasteiger partial charge in [0.05, 0.1) is 0 Å². The molecule has 1 aromatic heterocycles. The molecule has 1 amide bonds. The molecular weight excluding hydrogens is 282 g/mol. The highest BCUT2D eigenvalue weighted by atomic mass is 16.6. The predicted octanol–water partition coefficient (Wildman–Crippen LogP) is 3.29. The fourth-order valence-electron chi connectivity index (χ4n) is 1.61. The highest BCUT2D eigenvalue weighted by molar-refractivity contribution is 5.67. The fourth-order valence-corrected chi connectivity index (χ4v) is 1.61. The zero-order valence-electron chi connectivity index (χ0n) is 12.9. The third kappa shape index (κ3) is 5.40. The molecule has 0 radical (unpaired) electrons. The van der Waals surface area contributed by atoms with Gasteiger partial charge in [0.15, 0.2) is 0 Å². The maximum absolute atomic E-state index is 11.6. The van der Waals surface area contributed by atoms with Gasteiger partial charge in [-0.15, -0.1) is 0 Å². The summed E-state index contributed by atoms with van der Waals surface area (Å²) in [5, 5.41) is 2.70. The Balaban J connectivity index is 1.86. The van der Waals surface area contributed by atoms with Gasteiger partial charge >= 0.3 is 12.1 Å². The van der Waals surface area contributed by atoms with Crippen molar-refractivity contribution < 1.29 is 14.3 Å². The molecule has 6 heteroatoms. The molecule has 22 heavy (non-hydrogen) atoms. The number of carbonyl (C=O) groups excluding carboxylic acids is 1. The van der Waals surface area contributed by atoms with Crippen LogP contribution in [0.2, 0.25) is 0 Å². The van der Waals surface area contributed by atoms with Crippen LogP contribution in [-0.4, -0.2) is 21.7 Å². The Morgan fingerprint density at radius 1 is 1.14 bits per heavy atom. The Labute approximate surface area is 129 Å². The van der Waals surface area contributed by atoms with Crippen molar-refractivity contribution in [2.24, 2.45) is 0 Å². The fraction of sp³-hybridized carbons (Fsp3) is 0.312. The third-order valence-electron chi connectivity index (χ3n) is 2.51. The summed E-state index contributed by atoms with van der Waals surface area (Å²) in [6, 6.07) is 9.32. The summed E-state index contributed by atoms with van der Waals surface area (Å²) in [7, 11) is 0. The van der Waals surface area contributed by atoms with E-state index in [1.54, 1.807) is 30.6 Å². The van der Waals surface area contributed by atoms with Crippen LogP contribution in [0.5, 0.6) is 11.8 Å². The summed E-state index contributed by atoms with van der Waals surface area (Å²) in [5.74, 6) is 0.632. The number of ether oxygens (including phenoxy) is 2. The van der Waals surface area contributed by atoms with Gasteiger partial charge in [-0.05, 0) is 44.5 Å². The van der Waals surface area contributed by atoms with Gasteiger partial charge in [0.1, 0.15) is 11.4 Å². The Kier molecular flexibility index (Phi) is 4.93. The molecule has 1 heterocycles. The van der Waals surface area contributed by atoms with Gasteiger partial charge in [0, 0.05) is 18.9 Å². The highest BCUT2D eigenvalue weighted by Gasteiger charge is 2.15. The Morgan fingerprint density at radius 2 is 1.77 bits per heavy atom. The summed E-state index contributed by atoms with van der Waals surface area (Å²) < 4.78 is 10.7. The van der Waals surface area contributed by atoms with Crippen LogP contribution < -0.4 is 10.1 Å². The molecule has 0 fully saturated rings. The predicted molar refractivity (Wildman–Crippen MR) is 81.6 cm³/mol. The quantitative estimate of drug-likeness (QED) is 0.938. The molecular formula is C16H19N3O3. The first kappa shape index (κ1) is 15.8. The van der Waals surface area contributed by atoms with Crippen molar-refractivity contribution in [1.29, 1.82) is 0 Å². The van der Waals surface area contributed by atoms with Gasteiger partial charge in [-0.3, -0.25) is 0 Å². The van der Waals surface area contributed by atoms with Crippen molar-refractivity contribution in [3.63, 3.8) is 0 Å². The van der Waals surface area contributed by atoms with Crippen molar-refractivity contribution in [2.45, 2.75) is 32.9 Å². The molecule has 6 nitrogen and oxygen atoms in total. The number of amides is 1. The number of alkyl carbamates (subject to hydrolysis) is 1. The molecule has 1 aromatic carbocycles. The molecule has 2 rings (SSSR count). The number of rotatable bonds is 4. The Bertz CT molecular complexity index is 607. The smallest absolute Gasteiger partial charge is 0.407 e. The zero-order valence-corrected chi connectivity index (χ0v) is 12.9. The summed E-state index contributed by atoms with van der Waals surface area (Å²) in [5.41, 5.74) is 0.435. The maximum atomic E-state index is 11.6. The minimum absolute atomic E-state index is 0.294. The van der Waals surface area contributed by atoms with Crippen LogP contribution in [0.3, 0.4) is 0 Å². The zero-order chi connectivity index (χ0) is 16.0. The molecule has 0 bridgehead atoms. The highest BCUT2D eigenvalue weighted by Crippen LogP contribution is 2.17. The van der Waals surface area contributed by atoms with E-state index in [2.05, 4.69) is 15.3 Å². The molecule has 0 aliphatic carbocycles. The van der Waals surface area contributed by atoms with Crippen LogP contribution in [0.1, 0.15) is 26.3 Å². The molecule has 0 atom stereocenters. The molecule has 0 spiro atoms. The van der Waals surface area contributed by atoms with Crippen LogP contribution >= 0.6 is 0 Å². The van der Waals surface area contributed by atoms with Crippen LogP contribution in [0, 0.1) is 0 Å². The Hall–Kier alpha value is -2.63. The SMILES string of the molecule is CC(C)(C)OC(=O)NCc1ccc(Oc2ncccn2)cc1. The first-order valence-corrected chi connectivity index (χ1v) is 6.93. The first-order chi connectivity index (χ1) is 10.4. The average molecular weight is 301 g/mol. The van der Waals surface area contributed by atoms with Crippen molar-refractivity contribution in [3.8, 4) is 11.8 Å². The normalized spacial score (nSPS) is 10.9. The number of hydrogen-bond acceptors (Lipinski definition) is 5. The van der Waals surface area contributed by atoms with Gasteiger partial charge in [-0.1, -0.05) is 12.1 Å². The largest absolute Gasteiger partial charge is 0.444 e. The van der Waals surface area contributed by atoms with Gasteiger partial charge in [-0.2, -0.15) is 0 Å². The topological polar surface area (TPSA) is 73.3 Å². The number of carbonyl (C=O) groups is 1. The van der Waals surface area contributed by atoms with E-state index in [4.69, 9.17) is 9.47 Å². The minimum atomic E-state index is -0.503. The Morgan fingerprint density at radius 3 is 2.36 bits per heavy atom. The molecule has 1 N–H and O–H groups in total. The van der Waals surface area contributed by atoms with Gasteiger partial charge in [-0.25, -0.2) is 14.8 Å². The van der Waals surface area contributed by atoms with E-state index in [0.29, 0.717) is 18.3 Å². The second-order valence-corrected chi connectivity index (χ2v) is 5.63. The number of nitrogens with zero attached hydrogens (tertiary/aromatic N) is 2. The maximum Gasteiger partial charge on any atom is 0.407 e. The van der Waals surface area contributed by atoms with Crippen LogP contribution in [0.4, 0.5) is 4.79 Å². The van der Waals surface area contributed by atoms with Gasteiger partial charge in [0.2, 0.25) is 0 Å². The first-order valence-electron chi connectivity index (χ1n) is 6.93. The van der Waals surface area contributed by atoms with Crippen LogP contribution in [0.25, 0.3) is 0 Å². The molecule has 2 aromatic rings. The van der Waals surface area contributed by atoms with Crippen molar-refractivity contribution in [3.05, 3.63) is 48.3 Å². The molecule has 116 valence electrons. The molecule has 0 saturated heterocycles. The van der Waals surface area contributed by atoms with Crippen LogP contribution in [-0.2, 0) is 11.3 Å². The minimum Gasteiger partial charge on any atom is -0.444 e. The van der Waals surface area contributed by atoms with E-state index in [1.807, 2.05) is 32.9 Å². The second kappa shape index (κ2) is 6.89. The molecule has 0 unspecified atom stereocenters. The lowest BCUT2D eigenvalue weighted by molar-refractivity contribution is 0.0523.